The van der Waals surface area contributed by atoms with E-state index < -0.39 is 36.2 Å². The van der Waals surface area contributed by atoms with Crippen molar-refractivity contribution in [2.75, 3.05) is 18.1 Å². The molecular formula is C30H25Cl2NO8. The topological polar surface area (TPSA) is 116 Å². The van der Waals surface area contributed by atoms with Crippen LogP contribution in [0.3, 0.4) is 0 Å². The van der Waals surface area contributed by atoms with E-state index in [0.717, 1.165) is 0 Å². The number of nitrogens with zero attached hydrogens (tertiary/aromatic N) is 1. The third-order valence-electron chi connectivity index (χ3n) is 6.10. The molecule has 0 unspecified atom stereocenters. The van der Waals surface area contributed by atoms with Crippen molar-refractivity contribution in [3.8, 4) is 5.75 Å². The second-order valence-electron chi connectivity index (χ2n) is 9.48. The molecule has 4 rings (SSSR count). The summed E-state index contributed by atoms with van der Waals surface area (Å²) >= 11 is 11.9. The zero-order valence-electron chi connectivity index (χ0n) is 22.1. The molecule has 0 spiro atoms. The standard InChI is InChI=1S/C30H25Cl2NO8/c1-17(2)40-29(37)19-3-8-22(9-4-19)33-15-20(13-27(33)35)28(36)39-16-26(34)18-5-10-23(11-6-18)41-30(38)24-12-7-21(31)14-25(24)32/h3-12,14,17,20H,13,15-16H2,1-2H3/t20-/m1/s1. The first-order valence-electron chi connectivity index (χ1n) is 12.6. The number of esters is 3. The Kier molecular flexibility index (Phi) is 9.42. The first kappa shape index (κ1) is 29.8. The predicted octanol–water partition coefficient (Wildman–Crippen LogP) is 5.56. The van der Waals surface area contributed by atoms with Crippen LogP contribution >= 0.6 is 23.2 Å². The second-order valence-corrected chi connectivity index (χ2v) is 10.3. The molecule has 0 aromatic heterocycles. The molecule has 11 heteroatoms. The Bertz CT molecular complexity index is 1490. The van der Waals surface area contributed by atoms with Gasteiger partial charge in [0.15, 0.2) is 12.4 Å². The second kappa shape index (κ2) is 13.0. The fourth-order valence-electron chi connectivity index (χ4n) is 4.04. The van der Waals surface area contributed by atoms with Gasteiger partial charge < -0.3 is 19.1 Å². The molecule has 0 N–H and O–H groups in total. The minimum atomic E-state index is -0.748. The number of ether oxygens (including phenoxy) is 3. The molecule has 0 bridgehead atoms. The molecule has 212 valence electrons. The van der Waals surface area contributed by atoms with Gasteiger partial charge in [0.25, 0.3) is 0 Å². The highest BCUT2D eigenvalue weighted by Crippen LogP contribution is 2.27. The third kappa shape index (κ3) is 7.50. The first-order chi connectivity index (χ1) is 19.5. The largest absolute Gasteiger partial charge is 0.459 e. The average Bonchev–Trinajstić information content (AvgIpc) is 3.33. The summed E-state index contributed by atoms with van der Waals surface area (Å²) in [5.41, 5.74) is 1.25. The Hall–Kier alpha value is -4.21. The lowest BCUT2D eigenvalue weighted by Crippen LogP contribution is -2.27. The quantitative estimate of drug-likeness (QED) is 0.179. The zero-order chi connectivity index (χ0) is 29.7. The maximum absolute atomic E-state index is 12.6. The van der Waals surface area contributed by atoms with Gasteiger partial charge in [-0.05, 0) is 80.6 Å². The van der Waals surface area contributed by atoms with Gasteiger partial charge in [-0.15, -0.1) is 0 Å². The number of anilines is 1. The zero-order valence-corrected chi connectivity index (χ0v) is 23.6. The Balaban J connectivity index is 1.28. The summed E-state index contributed by atoms with van der Waals surface area (Å²) in [6.07, 6.45) is -0.326. The molecule has 3 aromatic rings. The number of Topliss-reactive ketones (excluding diaryl/α,β-unsaturated/α-hetero) is 1. The molecule has 0 radical (unpaired) electrons. The van der Waals surface area contributed by atoms with Gasteiger partial charge in [0.1, 0.15) is 5.75 Å². The molecule has 1 heterocycles. The van der Waals surface area contributed by atoms with Crippen LogP contribution in [-0.2, 0) is 19.1 Å². The van der Waals surface area contributed by atoms with E-state index in [0.29, 0.717) is 16.3 Å². The van der Waals surface area contributed by atoms with Crippen LogP contribution in [0.25, 0.3) is 0 Å². The van der Waals surface area contributed by atoms with Crippen LogP contribution in [0, 0.1) is 5.92 Å². The highest BCUT2D eigenvalue weighted by molar-refractivity contribution is 6.36. The van der Waals surface area contributed by atoms with E-state index >= 15 is 0 Å². The number of halogens is 2. The van der Waals surface area contributed by atoms with Gasteiger partial charge in [0, 0.05) is 29.2 Å². The maximum Gasteiger partial charge on any atom is 0.345 e. The van der Waals surface area contributed by atoms with Gasteiger partial charge in [0.2, 0.25) is 5.91 Å². The monoisotopic (exact) mass is 597 g/mol. The summed E-state index contributed by atoms with van der Waals surface area (Å²) in [5.74, 6) is -3.14. The Morgan fingerprint density at radius 3 is 2.20 bits per heavy atom. The first-order valence-corrected chi connectivity index (χ1v) is 13.4. The average molecular weight is 598 g/mol. The van der Waals surface area contributed by atoms with E-state index in [9.17, 15) is 24.0 Å². The van der Waals surface area contributed by atoms with E-state index in [1.807, 2.05) is 0 Å². The summed E-state index contributed by atoms with van der Waals surface area (Å²) < 4.78 is 15.6. The summed E-state index contributed by atoms with van der Waals surface area (Å²) in [6.45, 7) is 3.06. The number of carbonyl (C=O) groups is 5. The van der Waals surface area contributed by atoms with Gasteiger partial charge >= 0.3 is 17.9 Å². The van der Waals surface area contributed by atoms with E-state index in [1.54, 1.807) is 38.1 Å². The fourth-order valence-corrected chi connectivity index (χ4v) is 4.52. The van der Waals surface area contributed by atoms with E-state index in [2.05, 4.69) is 0 Å². The molecule has 1 saturated heterocycles. The number of rotatable bonds is 9. The number of carbonyl (C=O) groups excluding carboxylic acids is 5. The lowest BCUT2D eigenvalue weighted by atomic mass is 10.1. The normalized spacial score (nSPS) is 14.6. The minimum Gasteiger partial charge on any atom is -0.459 e. The Labute approximate surface area is 245 Å². The Morgan fingerprint density at radius 2 is 1.56 bits per heavy atom. The fraction of sp³-hybridized carbons (Fsp3) is 0.233. The van der Waals surface area contributed by atoms with Crippen LogP contribution in [0.1, 0.15) is 51.3 Å². The van der Waals surface area contributed by atoms with Gasteiger partial charge in [0.05, 0.1) is 28.2 Å². The van der Waals surface area contributed by atoms with Crippen LogP contribution in [0.4, 0.5) is 5.69 Å². The SMILES string of the molecule is CC(C)OC(=O)c1ccc(N2C[C@H](C(=O)OCC(=O)c3ccc(OC(=O)c4ccc(Cl)cc4Cl)cc3)CC2=O)cc1. The van der Waals surface area contributed by atoms with Crippen LogP contribution < -0.4 is 9.64 Å². The van der Waals surface area contributed by atoms with Crippen molar-refractivity contribution in [2.45, 2.75) is 26.4 Å². The van der Waals surface area contributed by atoms with Gasteiger partial charge in [-0.3, -0.25) is 14.4 Å². The Morgan fingerprint density at radius 1 is 0.902 bits per heavy atom. The lowest BCUT2D eigenvalue weighted by Gasteiger charge is -2.17. The van der Waals surface area contributed by atoms with E-state index in [-0.39, 0.29) is 46.9 Å². The number of hydrogen-bond donors (Lipinski definition) is 0. The van der Waals surface area contributed by atoms with Crippen LogP contribution in [0.15, 0.2) is 66.7 Å². The number of ketones is 1. The van der Waals surface area contributed by atoms with Crippen molar-refractivity contribution < 1.29 is 38.2 Å². The van der Waals surface area contributed by atoms with E-state index in [4.69, 9.17) is 37.4 Å². The number of amides is 1. The molecule has 1 amide bonds. The highest BCUT2D eigenvalue weighted by atomic mass is 35.5. The molecule has 1 aliphatic rings. The number of hydrogen-bond acceptors (Lipinski definition) is 8. The molecule has 1 aliphatic heterocycles. The summed E-state index contributed by atoms with van der Waals surface area (Å²) in [6, 6.07) is 16.4. The lowest BCUT2D eigenvalue weighted by molar-refractivity contribution is -0.147. The maximum atomic E-state index is 12.6. The highest BCUT2D eigenvalue weighted by Gasteiger charge is 2.36. The smallest absolute Gasteiger partial charge is 0.345 e. The van der Waals surface area contributed by atoms with Crippen molar-refractivity contribution >= 4 is 58.5 Å². The van der Waals surface area contributed by atoms with Crippen LogP contribution in [-0.4, -0.2) is 48.9 Å². The van der Waals surface area contributed by atoms with Crippen molar-refractivity contribution in [2.24, 2.45) is 5.92 Å². The van der Waals surface area contributed by atoms with Gasteiger partial charge in [-0.1, -0.05) is 23.2 Å². The predicted molar refractivity (Wildman–Crippen MR) is 151 cm³/mol. The molecule has 0 saturated carbocycles. The van der Waals surface area contributed by atoms with Crippen molar-refractivity contribution in [1.29, 1.82) is 0 Å². The molecule has 41 heavy (non-hydrogen) atoms. The molecule has 9 nitrogen and oxygen atoms in total. The molecular weight excluding hydrogens is 573 g/mol. The van der Waals surface area contributed by atoms with Crippen molar-refractivity contribution in [1.82, 2.24) is 0 Å². The van der Waals surface area contributed by atoms with Crippen LogP contribution in [0.2, 0.25) is 10.0 Å². The van der Waals surface area contributed by atoms with Crippen LogP contribution in [0.5, 0.6) is 5.75 Å². The van der Waals surface area contributed by atoms with Crippen molar-refractivity contribution in [3.05, 3.63) is 93.5 Å². The summed E-state index contributed by atoms with van der Waals surface area (Å²) in [5, 5.41) is 0.522. The molecule has 0 aliphatic carbocycles. The third-order valence-corrected chi connectivity index (χ3v) is 6.65. The summed E-state index contributed by atoms with van der Waals surface area (Å²) in [4.78, 5) is 63.6. The van der Waals surface area contributed by atoms with Crippen molar-refractivity contribution in [3.63, 3.8) is 0 Å². The number of benzene rings is 3. The van der Waals surface area contributed by atoms with E-state index in [1.165, 1.54) is 47.4 Å². The molecule has 1 fully saturated rings. The van der Waals surface area contributed by atoms with Gasteiger partial charge in [-0.2, -0.15) is 0 Å². The summed E-state index contributed by atoms with van der Waals surface area (Å²) in [7, 11) is 0. The van der Waals surface area contributed by atoms with Gasteiger partial charge in [-0.25, -0.2) is 9.59 Å². The molecule has 3 aromatic carbocycles. The molecule has 1 atom stereocenters. The minimum absolute atomic E-state index is 0.0676.